The maximum Gasteiger partial charge on any atom is 0.285 e. The van der Waals surface area contributed by atoms with Gasteiger partial charge in [0.05, 0.1) is 12.8 Å². The van der Waals surface area contributed by atoms with Gasteiger partial charge in [0.2, 0.25) is 5.91 Å². The third-order valence-corrected chi connectivity index (χ3v) is 8.38. The first-order chi connectivity index (χ1) is 16.4. The molecule has 1 N–H and O–H groups in total. The number of aromatic nitrogens is 1. The van der Waals surface area contributed by atoms with Gasteiger partial charge in [-0.1, -0.05) is 12.1 Å². The van der Waals surface area contributed by atoms with Crippen LogP contribution in [0, 0.1) is 12.8 Å². The number of amides is 1. The largest absolute Gasteiger partial charge is 0.497 e. The Bertz CT molecular complexity index is 1370. The Balaban J connectivity index is 1.23. The molecule has 1 aromatic heterocycles. The molecule has 176 valence electrons. The number of carbonyl (C=O) groups excluding carboxylic acids is 1. The molecule has 2 aliphatic heterocycles. The number of thiazole rings is 1. The fraction of sp³-hybridized carbons (Fsp3) is 0.292. The van der Waals surface area contributed by atoms with Gasteiger partial charge in [0, 0.05) is 35.0 Å². The third kappa shape index (κ3) is 4.19. The number of fused-ring (bicyclic) bond motifs is 1. The highest BCUT2D eigenvalue weighted by Gasteiger charge is 2.34. The molecule has 0 aliphatic carbocycles. The van der Waals surface area contributed by atoms with Crippen LogP contribution in [0.2, 0.25) is 0 Å². The number of piperidine rings is 1. The molecule has 3 heterocycles. The molecular formula is C24H24N4O4S2. The molecule has 2 aromatic carbocycles. The number of methoxy groups -OCH3 is 1. The van der Waals surface area contributed by atoms with Crippen molar-refractivity contribution < 1.29 is 17.9 Å². The summed E-state index contributed by atoms with van der Waals surface area (Å²) in [4.78, 5) is 20.8. The summed E-state index contributed by atoms with van der Waals surface area (Å²) < 4.78 is 33.9. The van der Waals surface area contributed by atoms with Gasteiger partial charge < -0.3 is 15.0 Å². The Morgan fingerprint density at radius 2 is 1.82 bits per heavy atom. The predicted molar refractivity (Wildman–Crippen MR) is 132 cm³/mol. The van der Waals surface area contributed by atoms with Crippen molar-refractivity contribution in [2.75, 3.05) is 25.5 Å². The number of ether oxygens (including phenoxy) is 1. The number of hydrogen-bond acceptors (Lipinski definition) is 7. The molecule has 0 spiro atoms. The zero-order valence-electron chi connectivity index (χ0n) is 18.8. The van der Waals surface area contributed by atoms with E-state index in [1.54, 1.807) is 25.3 Å². The first kappa shape index (κ1) is 22.5. The van der Waals surface area contributed by atoms with Crippen LogP contribution in [-0.4, -0.2) is 50.2 Å². The second-order valence-electron chi connectivity index (χ2n) is 8.29. The summed E-state index contributed by atoms with van der Waals surface area (Å²) in [6.45, 7) is 3.11. The highest BCUT2D eigenvalue weighted by Crippen LogP contribution is 2.33. The monoisotopic (exact) mass is 496 g/mol. The van der Waals surface area contributed by atoms with E-state index >= 15 is 0 Å². The molecule has 34 heavy (non-hydrogen) atoms. The van der Waals surface area contributed by atoms with Crippen LogP contribution in [0.25, 0.3) is 11.3 Å². The zero-order chi connectivity index (χ0) is 23.9. The fourth-order valence-electron chi connectivity index (χ4n) is 4.34. The number of likely N-dealkylation sites (tertiary alicyclic amines) is 1. The first-order valence-corrected chi connectivity index (χ1v) is 13.2. The number of rotatable bonds is 4. The third-order valence-electron chi connectivity index (χ3n) is 6.17. The lowest BCUT2D eigenvalue weighted by Crippen LogP contribution is -2.41. The smallest absolute Gasteiger partial charge is 0.285 e. The molecule has 8 nitrogen and oxygen atoms in total. The van der Waals surface area contributed by atoms with Crippen LogP contribution in [0.4, 0.5) is 5.13 Å². The Morgan fingerprint density at radius 3 is 2.53 bits per heavy atom. The minimum Gasteiger partial charge on any atom is -0.497 e. The standard InChI is InChI=1S/C24H24N4O4S2/c1-15-21(16-7-9-18(32-2)10-8-16)25-24(33-15)26-23(29)17-11-13-28(14-12-17)22-19-5-3-4-6-20(19)34(30,31)27-22/h3-10,17H,11-14H2,1-2H3,(H,25,26,29). The number of benzene rings is 2. The Kier molecular flexibility index (Phi) is 5.86. The van der Waals surface area contributed by atoms with E-state index < -0.39 is 10.0 Å². The van der Waals surface area contributed by atoms with Gasteiger partial charge in [0.15, 0.2) is 11.0 Å². The second kappa shape index (κ2) is 8.84. The molecule has 1 fully saturated rings. The molecule has 10 heteroatoms. The molecule has 3 aromatic rings. The average molecular weight is 497 g/mol. The van der Waals surface area contributed by atoms with E-state index in [9.17, 15) is 13.2 Å². The Labute approximate surface area is 202 Å². The van der Waals surface area contributed by atoms with E-state index in [1.807, 2.05) is 42.2 Å². The molecule has 0 bridgehead atoms. The van der Waals surface area contributed by atoms with Crippen molar-refractivity contribution in [2.45, 2.75) is 24.7 Å². The van der Waals surface area contributed by atoms with Crippen molar-refractivity contribution in [2.24, 2.45) is 10.3 Å². The fourth-order valence-corrected chi connectivity index (χ4v) is 6.41. The van der Waals surface area contributed by atoms with Crippen molar-refractivity contribution in [1.82, 2.24) is 9.88 Å². The van der Waals surface area contributed by atoms with Gasteiger partial charge in [-0.05, 0) is 56.2 Å². The topological polar surface area (TPSA) is 101 Å². The van der Waals surface area contributed by atoms with Crippen molar-refractivity contribution in [3.63, 3.8) is 0 Å². The van der Waals surface area contributed by atoms with Gasteiger partial charge in [-0.3, -0.25) is 4.79 Å². The van der Waals surface area contributed by atoms with Crippen molar-refractivity contribution in [1.29, 1.82) is 0 Å². The summed E-state index contributed by atoms with van der Waals surface area (Å²) in [5.41, 5.74) is 2.45. The zero-order valence-corrected chi connectivity index (χ0v) is 20.4. The molecular weight excluding hydrogens is 472 g/mol. The van der Waals surface area contributed by atoms with Crippen LogP contribution < -0.4 is 10.1 Å². The van der Waals surface area contributed by atoms with Gasteiger partial charge >= 0.3 is 0 Å². The first-order valence-electron chi connectivity index (χ1n) is 11.0. The summed E-state index contributed by atoms with van der Waals surface area (Å²) >= 11 is 1.45. The maximum absolute atomic E-state index is 12.9. The van der Waals surface area contributed by atoms with Gasteiger partial charge in [-0.25, -0.2) is 4.98 Å². The van der Waals surface area contributed by atoms with Crippen molar-refractivity contribution in [3.05, 3.63) is 59.0 Å². The molecule has 2 aliphatic rings. The molecule has 5 rings (SSSR count). The number of carbonyl (C=O) groups is 1. The Morgan fingerprint density at radius 1 is 1.12 bits per heavy atom. The highest BCUT2D eigenvalue weighted by molar-refractivity contribution is 7.90. The number of hydrogen-bond donors (Lipinski definition) is 1. The SMILES string of the molecule is COc1ccc(-c2nc(NC(=O)C3CCN(C4=NS(=O)(=O)c5ccccc54)CC3)sc2C)cc1. The highest BCUT2D eigenvalue weighted by atomic mass is 32.2. The lowest BCUT2D eigenvalue weighted by molar-refractivity contribution is -0.120. The maximum atomic E-state index is 12.9. The number of nitrogens with one attached hydrogen (secondary N) is 1. The lowest BCUT2D eigenvalue weighted by Gasteiger charge is -2.32. The predicted octanol–water partition coefficient (Wildman–Crippen LogP) is 3.93. The molecule has 1 amide bonds. The normalized spacial score (nSPS) is 17.2. The molecule has 0 radical (unpaired) electrons. The quantitative estimate of drug-likeness (QED) is 0.587. The number of anilines is 1. The van der Waals surface area contributed by atoms with Crippen LogP contribution in [-0.2, 0) is 14.8 Å². The molecule has 0 unspecified atom stereocenters. The summed E-state index contributed by atoms with van der Waals surface area (Å²) in [6, 6.07) is 14.5. The minimum absolute atomic E-state index is 0.0592. The van der Waals surface area contributed by atoms with Crippen molar-refractivity contribution in [3.8, 4) is 17.0 Å². The molecule has 0 atom stereocenters. The van der Waals surface area contributed by atoms with Crippen LogP contribution in [0.1, 0.15) is 23.3 Å². The van der Waals surface area contributed by atoms with Crippen LogP contribution >= 0.6 is 11.3 Å². The van der Waals surface area contributed by atoms with E-state index in [2.05, 4.69) is 14.7 Å². The summed E-state index contributed by atoms with van der Waals surface area (Å²) in [5.74, 6) is 1.03. The summed E-state index contributed by atoms with van der Waals surface area (Å²) in [6.07, 6.45) is 1.23. The van der Waals surface area contributed by atoms with Crippen molar-refractivity contribution >= 4 is 38.2 Å². The number of aryl methyl sites for hydroxylation is 1. The van der Waals surface area contributed by atoms with Gasteiger partial charge in [-0.15, -0.1) is 15.7 Å². The molecule has 0 saturated carbocycles. The Hall–Kier alpha value is -3.24. The van der Waals surface area contributed by atoms with Crippen LogP contribution in [0.15, 0.2) is 57.8 Å². The second-order valence-corrected chi connectivity index (χ2v) is 11.1. The van der Waals surface area contributed by atoms with E-state index in [0.29, 0.717) is 42.5 Å². The minimum atomic E-state index is -3.65. The number of sulfonamides is 1. The summed E-state index contributed by atoms with van der Waals surface area (Å²) in [7, 11) is -2.02. The van der Waals surface area contributed by atoms with E-state index in [1.165, 1.54) is 11.3 Å². The van der Waals surface area contributed by atoms with Gasteiger partial charge in [-0.2, -0.15) is 8.42 Å². The van der Waals surface area contributed by atoms with Gasteiger partial charge in [0.25, 0.3) is 10.0 Å². The number of amidine groups is 1. The lowest BCUT2D eigenvalue weighted by atomic mass is 9.95. The summed E-state index contributed by atoms with van der Waals surface area (Å²) in [5, 5.41) is 3.56. The average Bonchev–Trinajstić information content (AvgIpc) is 3.35. The van der Waals surface area contributed by atoms with Crippen LogP contribution in [0.3, 0.4) is 0 Å². The van der Waals surface area contributed by atoms with E-state index in [-0.39, 0.29) is 16.7 Å². The number of nitrogens with zero attached hydrogens (tertiary/aromatic N) is 3. The van der Waals surface area contributed by atoms with E-state index in [4.69, 9.17) is 4.74 Å². The van der Waals surface area contributed by atoms with E-state index in [0.717, 1.165) is 21.9 Å². The van der Waals surface area contributed by atoms with Gasteiger partial charge in [0.1, 0.15) is 10.6 Å². The van der Waals surface area contributed by atoms with Crippen LogP contribution in [0.5, 0.6) is 5.75 Å². The molecule has 1 saturated heterocycles.